The minimum atomic E-state index is -0.806. The second-order valence-corrected chi connectivity index (χ2v) is 3.48. The molecule has 1 aromatic carbocycles. The van der Waals surface area contributed by atoms with E-state index in [0.717, 1.165) is 0 Å². The van der Waals surface area contributed by atoms with Crippen LogP contribution < -0.4 is 10.6 Å². The van der Waals surface area contributed by atoms with Gasteiger partial charge in [0, 0.05) is 0 Å². The van der Waals surface area contributed by atoms with Crippen molar-refractivity contribution in [1.29, 1.82) is 5.26 Å². The van der Waals surface area contributed by atoms with E-state index in [2.05, 4.69) is 15.4 Å². The predicted octanol–water partition coefficient (Wildman–Crippen LogP) is 0.750. The molecule has 0 unspecified atom stereocenters. The molecule has 2 rings (SSSR count). The van der Waals surface area contributed by atoms with E-state index in [0.29, 0.717) is 11.3 Å². The highest BCUT2D eigenvalue weighted by Crippen LogP contribution is 2.22. The molecule has 1 amide bonds. The number of anilines is 1. The van der Waals surface area contributed by atoms with E-state index >= 15 is 0 Å². The van der Waals surface area contributed by atoms with Crippen LogP contribution in [0.15, 0.2) is 35.7 Å². The highest BCUT2D eigenvalue weighted by molar-refractivity contribution is 6.05. The van der Waals surface area contributed by atoms with Crippen LogP contribution in [-0.4, -0.2) is 19.0 Å². The normalized spacial score (nSPS) is 15.7. The molecule has 6 nitrogen and oxygen atoms in total. The number of para-hydroxylation sites is 1. The number of ether oxygens (including phenoxy) is 1. The summed E-state index contributed by atoms with van der Waals surface area (Å²) in [6.07, 6.45) is 0. The Morgan fingerprint density at radius 1 is 1.33 bits per heavy atom. The lowest BCUT2D eigenvalue weighted by molar-refractivity contribution is -0.135. The zero-order chi connectivity index (χ0) is 13.1. The molecule has 1 heterocycles. The summed E-state index contributed by atoms with van der Waals surface area (Å²) in [5.74, 6) is -1.15. The van der Waals surface area contributed by atoms with Crippen LogP contribution in [0.25, 0.3) is 0 Å². The summed E-state index contributed by atoms with van der Waals surface area (Å²) in [6, 6.07) is 8.48. The van der Waals surface area contributed by atoms with Gasteiger partial charge in [-0.05, 0) is 12.1 Å². The smallest absolute Gasteiger partial charge is 0.352 e. The van der Waals surface area contributed by atoms with Crippen LogP contribution in [0, 0.1) is 11.3 Å². The fourth-order valence-corrected chi connectivity index (χ4v) is 1.57. The molecular formula is C12H9N3O3. The van der Waals surface area contributed by atoms with Crippen LogP contribution in [0.1, 0.15) is 10.4 Å². The van der Waals surface area contributed by atoms with Gasteiger partial charge in [0.15, 0.2) is 5.57 Å². The molecule has 18 heavy (non-hydrogen) atoms. The van der Waals surface area contributed by atoms with Crippen LogP contribution in [0.5, 0.6) is 0 Å². The van der Waals surface area contributed by atoms with E-state index in [1.807, 2.05) is 0 Å². The van der Waals surface area contributed by atoms with Crippen molar-refractivity contribution < 1.29 is 14.3 Å². The Bertz CT molecular complexity index is 599. The number of carbonyl (C=O) groups is 2. The predicted molar refractivity (Wildman–Crippen MR) is 62.2 cm³/mol. The minimum Gasteiger partial charge on any atom is -0.465 e. The fourth-order valence-electron chi connectivity index (χ4n) is 1.57. The van der Waals surface area contributed by atoms with E-state index < -0.39 is 5.97 Å². The number of rotatable bonds is 1. The van der Waals surface area contributed by atoms with Gasteiger partial charge in [0.1, 0.15) is 11.9 Å². The first-order valence-corrected chi connectivity index (χ1v) is 5.07. The number of benzene rings is 1. The third kappa shape index (κ3) is 1.89. The highest BCUT2D eigenvalue weighted by atomic mass is 16.5. The number of hydrogen-bond acceptors (Lipinski definition) is 5. The number of amides is 1. The Morgan fingerprint density at radius 3 is 2.72 bits per heavy atom. The van der Waals surface area contributed by atoms with Crippen LogP contribution in [0.4, 0.5) is 5.69 Å². The van der Waals surface area contributed by atoms with Gasteiger partial charge >= 0.3 is 5.97 Å². The number of nitrogens with one attached hydrogen (secondary N) is 2. The van der Waals surface area contributed by atoms with Gasteiger partial charge in [-0.2, -0.15) is 5.26 Å². The van der Waals surface area contributed by atoms with Crippen molar-refractivity contribution in [3.63, 3.8) is 0 Å². The van der Waals surface area contributed by atoms with Crippen molar-refractivity contribution in [2.24, 2.45) is 0 Å². The summed E-state index contributed by atoms with van der Waals surface area (Å²) in [5, 5.41) is 14.2. The third-order valence-corrected chi connectivity index (χ3v) is 2.42. The summed E-state index contributed by atoms with van der Waals surface area (Å²) in [4.78, 5) is 23.1. The zero-order valence-electron chi connectivity index (χ0n) is 9.48. The lowest BCUT2D eigenvalue weighted by Crippen LogP contribution is -2.35. The number of methoxy groups -OCH3 is 1. The average molecular weight is 243 g/mol. The zero-order valence-corrected chi connectivity index (χ0v) is 9.48. The first kappa shape index (κ1) is 11.7. The molecule has 1 aliphatic rings. The van der Waals surface area contributed by atoms with E-state index in [1.54, 1.807) is 30.3 Å². The van der Waals surface area contributed by atoms with Crippen molar-refractivity contribution in [2.45, 2.75) is 0 Å². The van der Waals surface area contributed by atoms with Crippen LogP contribution in [-0.2, 0) is 9.53 Å². The molecule has 1 aromatic rings. The first-order valence-electron chi connectivity index (χ1n) is 5.07. The molecule has 0 bridgehead atoms. The lowest BCUT2D eigenvalue weighted by atomic mass is 10.1. The van der Waals surface area contributed by atoms with Crippen molar-refractivity contribution >= 4 is 17.6 Å². The molecule has 0 radical (unpaired) electrons. The molecule has 0 saturated carbocycles. The molecule has 2 N–H and O–H groups in total. The maximum absolute atomic E-state index is 11.8. The Kier molecular flexibility index (Phi) is 2.98. The van der Waals surface area contributed by atoms with Gasteiger partial charge in [-0.15, -0.1) is 0 Å². The quantitative estimate of drug-likeness (QED) is 0.431. The summed E-state index contributed by atoms with van der Waals surface area (Å²) in [5.41, 5.74) is 0.705. The SMILES string of the molecule is COC(=O)/C(C#N)=C1\NC(=O)c2ccccc2N1. The molecule has 0 aromatic heterocycles. The van der Waals surface area contributed by atoms with Crippen LogP contribution in [0.3, 0.4) is 0 Å². The molecule has 1 aliphatic heterocycles. The molecule has 0 fully saturated rings. The molecule has 0 saturated heterocycles. The van der Waals surface area contributed by atoms with Crippen molar-refractivity contribution in [1.82, 2.24) is 5.32 Å². The number of carbonyl (C=O) groups excluding carboxylic acids is 2. The van der Waals surface area contributed by atoms with Crippen LogP contribution in [0.2, 0.25) is 0 Å². The summed E-state index contributed by atoms with van der Waals surface area (Å²) >= 11 is 0. The topological polar surface area (TPSA) is 91.2 Å². The number of fused-ring (bicyclic) bond motifs is 1. The second-order valence-electron chi connectivity index (χ2n) is 3.48. The maximum atomic E-state index is 11.8. The third-order valence-electron chi connectivity index (χ3n) is 2.42. The van der Waals surface area contributed by atoms with E-state index in [1.165, 1.54) is 7.11 Å². The molecule has 0 spiro atoms. The van der Waals surface area contributed by atoms with Crippen molar-refractivity contribution in [3.8, 4) is 6.07 Å². The molecule has 0 atom stereocenters. The van der Waals surface area contributed by atoms with Gasteiger partial charge < -0.3 is 15.4 Å². The number of esters is 1. The summed E-state index contributed by atoms with van der Waals surface area (Å²) in [6.45, 7) is 0. The summed E-state index contributed by atoms with van der Waals surface area (Å²) in [7, 11) is 1.17. The minimum absolute atomic E-state index is 0.0352. The Balaban J connectivity index is 2.48. The number of nitriles is 1. The van der Waals surface area contributed by atoms with Gasteiger partial charge in [0.05, 0.1) is 18.4 Å². The van der Waals surface area contributed by atoms with Crippen molar-refractivity contribution in [2.75, 3.05) is 12.4 Å². The maximum Gasteiger partial charge on any atom is 0.352 e. The largest absolute Gasteiger partial charge is 0.465 e. The standard InChI is InChI=1S/C12H9N3O3/c1-18-12(17)8(6-13)10-14-9-5-3-2-4-7(9)11(16)15-10/h2-5,14H,1H3,(H,15,16)/b10-8-. The summed E-state index contributed by atoms with van der Waals surface area (Å²) < 4.78 is 4.47. The van der Waals surface area contributed by atoms with E-state index in [4.69, 9.17) is 5.26 Å². The number of hydrogen-bond donors (Lipinski definition) is 2. The Hall–Kier alpha value is -2.81. The molecule has 0 aliphatic carbocycles. The van der Waals surface area contributed by atoms with Gasteiger partial charge in [-0.3, -0.25) is 4.79 Å². The Morgan fingerprint density at radius 2 is 2.06 bits per heavy atom. The number of nitrogens with zero attached hydrogens (tertiary/aromatic N) is 1. The highest BCUT2D eigenvalue weighted by Gasteiger charge is 2.24. The van der Waals surface area contributed by atoms with E-state index in [-0.39, 0.29) is 17.3 Å². The molecular weight excluding hydrogens is 234 g/mol. The molecule has 6 heteroatoms. The molecule has 90 valence electrons. The second kappa shape index (κ2) is 4.59. The Labute approximate surface area is 103 Å². The van der Waals surface area contributed by atoms with Gasteiger partial charge in [0.25, 0.3) is 5.91 Å². The average Bonchev–Trinajstić information content (AvgIpc) is 2.39. The van der Waals surface area contributed by atoms with Gasteiger partial charge in [-0.1, -0.05) is 12.1 Å². The van der Waals surface area contributed by atoms with Gasteiger partial charge in [0.2, 0.25) is 0 Å². The van der Waals surface area contributed by atoms with Crippen LogP contribution >= 0.6 is 0 Å². The van der Waals surface area contributed by atoms with Crippen molar-refractivity contribution in [3.05, 3.63) is 41.2 Å². The lowest BCUT2D eigenvalue weighted by Gasteiger charge is -2.21. The van der Waals surface area contributed by atoms with E-state index in [9.17, 15) is 9.59 Å². The fraction of sp³-hybridized carbons (Fsp3) is 0.0833. The monoisotopic (exact) mass is 243 g/mol. The van der Waals surface area contributed by atoms with Gasteiger partial charge in [-0.25, -0.2) is 4.79 Å². The first-order chi connectivity index (χ1) is 8.67.